The summed E-state index contributed by atoms with van der Waals surface area (Å²) >= 11 is 0. The van der Waals surface area contributed by atoms with Crippen molar-refractivity contribution >= 4 is 12.1 Å². The first-order valence-electron chi connectivity index (χ1n) is 6.47. The Morgan fingerprint density at radius 3 is 2.67 bits per heavy atom. The van der Waals surface area contributed by atoms with Crippen molar-refractivity contribution in [3.05, 3.63) is 40.8 Å². The molecule has 112 valence electrons. The van der Waals surface area contributed by atoms with Gasteiger partial charge in [0.05, 0.1) is 5.29 Å². The fraction of sp³-hybridized carbons (Fsp3) is 0.385. The van der Waals surface area contributed by atoms with Crippen LogP contribution < -0.4 is 0 Å². The molecule has 1 aliphatic heterocycles. The van der Waals surface area contributed by atoms with Crippen LogP contribution in [0.1, 0.15) is 18.4 Å². The van der Waals surface area contributed by atoms with Crippen LogP contribution in [0.4, 0.5) is 4.79 Å². The fourth-order valence-corrected chi connectivity index (χ4v) is 2.11. The summed E-state index contributed by atoms with van der Waals surface area (Å²) in [5, 5.41) is 13.2. The Balaban J connectivity index is 2.00. The lowest BCUT2D eigenvalue weighted by atomic mass is 10.1. The number of hydrazine groups is 1. The zero-order valence-electron chi connectivity index (χ0n) is 11.2. The maximum absolute atomic E-state index is 12.0. The predicted molar refractivity (Wildman–Crippen MR) is 71.6 cm³/mol. The van der Waals surface area contributed by atoms with Crippen molar-refractivity contribution in [2.24, 2.45) is 5.29 Å². The standard InChI is InChI=1S/C13H15N3O5/c17-12(18)11-7-4-8-15(16(11)14-20)13(19)21-9-10-5-2-1-3-6-10/h1-3,5-6,11H,4,7-9H2,(H,17,18)/t11-/m0/s1. The van der Waals surface area contributed by atoms with E-state index in [0.717, 1.165) is 10.6 Å². The molecule has 1 atom stereocenters. The zero-order chi connectivity index (χ0) is 15.2. The van der Waals surface area contributed by atoms with E-state index in [9.17, 15) is 14.5 Å². The van der Waals surface area contributed by atoms with Gasteiger partial charge in [-0.05, 0) is 18.4 Å². The second-order valence-electron chi connectivity index (χ2n) is 4.56. The lowest BCUT2D eigenvalue weighted by Crippen LogP contribution is -2.55. The van der Waals surface area contributed by atoms with Gasteiger partial charge >= 0.3 is 12.1 Å². The highest BCUT2D eigenvalue weighted by atomic mass is 16.6. The molecule has 1 heterocycles. The van der Waals surface area contributed by atoms with Crippen molar-refractivity contribution in [1.82, 2.24) is 10.1 Å². The van der Waals surface area contributed by atoms with Gasteiger partial charge in [-0.3, -0.25) is 0 Å². The third kappa shape index (κ3) is 3.47. The number of carboxylic acids is 1. The molecule has 21 heavy (non-hydrogen) atoms. The molecule has 1 saturated heterocycles. The second kappa shape index (κ2) is 6.69. The Kier molecular flexibility index (Phi) is 4.70. The van der Waals surface area contributed by atoms with Crippen LogP contribution in [-0.4, -0.2) is 39.9 Å². The van der Waals surface area contributed by atoms with Crippen LogP contribution in [0.3, 0.4) is 0 Å². The van der Waals surface area contributed by atoms with Crippen LogP contribution in [0.5, 0.6) is 0 Å². The van der Waals surface area contributed by atoms with E-state index in [0.29, 0.717) is 11.5 Å². The van der Waals surface area contributed by atoms with E-state index in [2.05, 4.69) is 5.29 Å². The number of carbonyl (C=O) groups is 2. The van der Waals surface area contributed by atoms with Crippen molar-refractivity contribution in [3.63, 3.8) is 0 Å². The monoisotopic (exact) mass is 293 g/mol. The van der Waals surface area contributed by atoms with E-state index in [1.54, 1.807) is 12.1 Å². The number of benzene rings is 1. The molecule has 1 aromatic rings. The van der Waals surface area contributed by atoms with Gasteiger partial charge in [0.2, 0.25) is 0 Å². The van der Waals surface area contributed by atoms with Crippen LogP contribution in [0.15, 0.2) is 35.6 Å². The van der Waals surface area contributed by atoms with Crippen LogP contribution in [0.2, 0.25) is 0 Å². The van der Waals surface area contributed by atoms with Gasteiger partial charge < -0.3 is 9.84 Å². The van der Waals surface area contributed by atoms with Gasteiger partial charge in [0.15, 0.2) is 6.04 Å². The Labute approximate surface area is 120 Å². The summed E-state index contributed by atoms with van der Waals surface area (Å²) in [7, 11) is 0. The third-order valence-corrected chi connectivity index (χ3v) is 3.16. The van der Waals surface area contributed by atoms with Crippen LogP contribution in [0, 0.1) is 4.91 Å². The minimum absolute atomic E-state index is 0.0423. The molecule has 0 unspecified atom stereocenters. The summed E-state index contributed by atoms with van der Waals surface area (Å²) in [5.74, 6) is -1.20. The number of nitroso groups, excluding NO2 is 1. The first-order valence-corrected chi connectivity index (χ1v) is 6.47. The first kappa shape index (κ1) is 14.8. The molecule has 0 spiro atoms. The smallest absolute Gasteiger partial charge is 0.430 e. The Bertz CT molecular complexity index is 522. The van der Waals surface area contributed by atoms with Crippen molar-refractivity contribution in [2.75, 3.05) is 6.54 Å². The SMILES string of the molecule is O=NN1[C@H](C(=O)O)CCCN1C(=O)OCc1ccccc1. The molecule has 8 heteroatoms. The van der Waals surface area contributed by atoms with E-state index in [4.69, 9.17) is 9.84 Å². The molecule has 0 aliphatic carbocycles. The molecule has 2 rings (SSSR count). The van der Waals surface area contributed by atoms with Crippen molar-refractivity contribution < 1.29 is 19.4 Å². The summed E-state index contributed by atoms with van der Waals surface area (Å²) in [6, 6.07) is 7.90. The minimum Gasteiger partial charge on any atom is -0.480 e. The highest BCUT2D eigenvalue weighted by Gasteiger charge is 2.37. The summed E-state index contributed by atoms with van der Waals surface area (Å²) in [6.45, 7) is 0.240. The van der Waals surface area contributed by atoms with E-state index >= 15 is 0 Å². The topological polar surface area (TPSA) is 99.5 Å². The van der Waals surface area contributed by atoms with Crippen LogP contribution in [0.25, 0.3) is 0 Å². The fourth-order valence-electron chi connectivity index (χ4n) is 2.11. The number of rotatable bonds is 4. The third-order valence-electron chi connectivity index (χ3n) is 3.16. The molecule has 1 amide bonds. The average molecular weight is 293 g/mol. The lowest BCUT2D eigenvalue weighted by molar-refractivity contribution is -0.156. The minimum atomic E-state index is -1.20. The number of carbonyl (C=O) groups excluding carboxylic acids is 1. The number of carboxylic acid groups (broad SMARTS) is 1. The van der Waals surface area contributed by atoms with Gasteiger partial charge in [-0.25, -0.2) is 9.59 Å². The van der Waals surface area contributed by atoms with Crippen molar-refractivity contribution in [2.45, 2.75) is 25.5 Å². The molecule has 0 radical (unpaired) electrons. The Morgan fingerprint density at radius 2 is 2.05 bits per heavy atom. The maximum Gasteiger partial charge on any atom is 0.430 e. The second-order valence-corrected chi connectivity index (χ2v) is 4.56. The summed E-state index contributed by atoms with van der Waals surface area (Å²) in [5.41, 5.74) is 0.795. The van der Waals surface area contributed by atoms with E-state index in [1.165, 1.54) is 0 Å². The number of nitrogens with zero attached hydrogens (tertiary/aromatic N) is 3. The number of hydrogen-bond acceptors (Lipinski definition) is 5. The van der Waals surface area contributed by atoms with Gasteiger partial charge in [0.25, 0.3) is 0 Å². The summed E-state index contributed by atoms with van der Waals surface area (Å²) in [4.78, 5) is 33.9. The number of ether oxygens (including phenoxy) is 1. The van der Waals surface area contributed by atoms with E-state index in [-0.39, 0.29) is 19.6 Å². The van der Waals surface area contributed by atoms with Crippen LogP contribution >= 0.6 is 0 Å². The van der Waals surface area contributed by atoms with E-state index < -0.39 is 18.1 Å². The molecule has 8 nitrogen and oxygen atoms in total. The van der Waals surface area contributed by atoms with Gasteiger partial charge in [-0.1, -0.05) is 30.3 Å². The van der Waals surface area contributed by atoms with Crippen molar-refractivity contribution in [1.29, 1.82) is 0 Å². The van der Waals surface area contributed by atoms with Gasteiger partial charge in [0, 0.05) is 6.54 Å². The lowest BCUT2D eigenvalue weighted by Gasteiger charge is -2.36. The highest BCUT2D eigenvalue weighted by Crippen LogP contribution is 2.20. The average Bonchev–Trinajstić information content (AvgIpc) is 2.52. The molecule has 1 N–H and O–H groups in total. The van der Waals surface area contributed by atoms with Crippen LogP contribution in [-0.2, 0) is 16.1 Å². The number of aliphatic carboxylic acids is 1. The summed E-state index contributed by atoms with van der Waals surface area (Å²) in [6.07, 6.45) is -0.0723. The maximum atomic E-state index is 12.0. The number of amides is 1. The Hall–Kier alpha value is -2.64. The van der Waals surface area contributed by atoms with Gasteiger partial charge in [-0.15, -0.1) is 10.0 Å². The molecular formula is C13H15N3O5. The molecule has 1 aliphatic rings. The highest BCUT2D eigenvalue weighted by molar-refractivity contribution is 5.75. The quantitative estimate of drug-likeness (QED) is 0.849. The first-order chi connectivity index (χ1) is 10.1. The number of hydrogen-bond donors (Lipinski definition) is 1. The largest absolute Gasteiger partial charge is 0.480 e. The van der Waals surface area contributed by atoms with Gasteiger partial charge in [-0.2, -0.15) is 5.01 Å². The Morgan fingerprint density at radius 1 is 1.33 bits per heavy atom. The normalized spacial score (nSPS) is 18.2. The predicted octanol–water partition coefficient (Wildman–Crippen LogP) is 1.77. The molecule has 0 aromatic heterocycles. The van der Waals surface area contributed by atoms with Gasteiger partial charge in [0.1, 0.15) is 6.61 Å². The zero-order valence-corrected chi connectivity index (χ0v) is 11.2. The van der Waals surface area contributed by atoms with Crippen molar-refractivity contribution in [3.8, 4) is 0 Å². The molecule has 0 bridgehead atoms. The van der Waals surface area contributed by atoms with E-state index in [1.807, 2.05) is 18.2 Å². The molecule has 0 saturated carbocycles. The molecular weight excluding hydrogens is 278 g/mol. The molecule has 1 fully saturated rings. The summed E-state index contributed by atoms with van der Waals surface area (Å²) < 4.78 is 5.08. The molecule has 1 aromatic carbocycles.